The Balaban J connectivity index is 2.50. The van der Waals surface area contributed by atoms with E-state index in [4.69, 9.17) is 0 Å². The van der Waals surface area contributed by atoms with Crippen LogP contribution in [0.4, 0.5) is 13.2 Å². The smallest absolute Gasteiger partial charge is 0.197 e. The maximum Gasteiger partial charge on any atom is 0.197 e. The predicted octanol–water partition coefficient (Wildman–Crippen LogP) is 3.04. The molecule has 1 heterocycles. The van der Waals surface area contributed by atoms with E-state index in [-0.39, 0.29) is 5.56 Å². The van der Waals surface area contributed by atoms with Crippen LogP contribution >= 0.6 is 0 Å². The van der Waals surface area contributed by atoms with E-state index in [9.17, 15) is 18.0 Å². The second-order valence-corrected chi connectivity index (χ2v) is 3.80. The van der Waals surface area contributed by atoms with Gasteiger partial charge in [0.1, 0.15) is 0 Å². The molecule has 1 aromatic carbocycles. The van der Waals surface area contributed by atoms with Crippen LogP contribution < -0.4 is 0 Å². The van der Waals surface area contributed by atoms with Crippen LogP contribution in [0.1, 0.15) is 21.5 Å². The Morgan fingerprint density at radius 1 is 1.11 bits per heavy atom. The molecule has 0 atom stereocenters. The van der Waals surface area contributed by atoms with Gasteiger partial charge in [0.25, 0.3) is 0 Å². The van der Waals surface area contributed by atoms with Gasteiger partial charge in [-0.2, -0.15) is 0 Å². The molecule has 5 heteroatoms. The molecule has 0 unspecified atom stereocenters. The molecular weight excluding hydrogens is 243 g/mol. The van der Waals surface area contributed by atoms with Crippen LogP contribution in [0.25, 0.3) is 0 Å². The lowest BCUT2D eigenvalue weighted by Crippen LogP contribution is -2.07. The summed E-state index contributed by atoms with van der Waals surface area (Å²) >= 11 is 0. The summed E-state index contributed by atoms with van der Waals surface area (Å²) in [6.07, 6.45) is 2.77. The van der Waals surface area contributed by atoms with Crippen molar-refractivity contribution in [3.05, 3.63) is 64.7 Å². The summed E-state index contributed by atoms with van der Waals surface area (Å²) in [5.74, 6) is -5.20. The van der Waals surface area contributed by atoms with Gasteiger partial charge in [0.2, 0.25) is 0 Å². The Bertz CT molecular complexity index is 626. The maximum absolute atomic E-state index is 13.4. The van der Waals surface area contributed by atoms with Crippen molar-refractivity contribution >= 4 is 5.78 Å². The van der Waals surface area contributed by atoms with E-state index in [2.05, 4.69) is 4.98 Å². The largest absolute Gasteiger partial charge is 0.288 e. The molecule has 92 valence electrons. The van der Waals surface area contributed by atoms with Crippen LogP contribution in [-0.4, -0.2) is 10.8 Å². The molecule has 0 aliphatic heterocycles. The van der Waals surface area contributed by atoms with E-state index in [0.717, 1.165) is 12.1 Å². The minimum atomic E-state index is -1.65. The molecule has 0 amide bonds. The zero-order chi connectivity index (χ0) is 13.3. The zero-order valence-corrected chi connectivity index (χ0v) is 9.38. The molecule has 0 spiro atoms. The minimum absolute atomic E-state index is 0.125. The molecule has 0 fully saturated rings. The van der Waals surface area contributed by atoms with Crippen molar-refractivity contribution in [3.8, 4) is 0 Å². The third-order valence-corrected chi connectivity index (χ3v) is 2.42. The minimum Gasteiger partial charge on any atom is -0.288 e. The fourth-order valence-corrected chi connectivity index (χ4v) is 1.54. The van der Waals surface area contributed by atoms with E-state index in [0.29, 0.717) is 5.56 Å². The van der Waals surface area contributed by atoms with Gasteiger partial charge in [0, 0.05) is 18.0 Å². The molecule has 0 N–H and O–H groups in total. The van der Waals surface area contributed by atoms with Gasteiger partial charge in [-0.1, -0.05) is 0 Å². The van der Waals surface area contributed by atoms with E-state index in [1.165, 1.54) is 18.5 Å². The number of carbonyl (C=O) groups is 1. The van der Waals surface area contributed by atoms with Gasteiger partial charge in [-0.05, 0) is 30.7 Å². The highest BCUT2D eigenvalue weighted by Crippen LogP contribution is 2.18. The number of aryl methyl sites for hydroxylation is 1. The maximum atomic E-state index is 13.4. The van der Waals surface area contributed by atoms with Crippen molar-refractivity contribution in [1.29, 1.82) is 0 Å². The molecule has 0 saturated carbocycles. The summed E-state index contributed by atoms with van der Waals surface area (Å²) in [5.41, 5.74) is 0.324. The van der Waals surface area contributed by atoms with Gasteiger partial charge < -0.3 is 0 Å². The van der Waals surface area contributed by atoms with E-state index >= 15 is 0 Å². The Morgan fingerprint density at radius 3 is 2.50 bits per heavy atom. The summed E-state index contributed by atoms with van der Waals surface area (Å²) in [5, 5.41) is 0. The number of nitrogens with zero attached hydrogens (tertiary/aromatic N) is 1. The molecule has 1 aromatic heterocycles. The molecule has 0 saturated heterocycles. The Hall–Kier alpha value is -2.17. The van der Waals surface area contributed by atoms with Crippen molar-refractivity contribution in [2.75, 3.05) is 0 Å². The number of halogens is 3. The highest BCUT2D eigenvalue weighted by atomic mass is 19.2. The van der Waals surface area contributed by atoms with Crippen LogP contribution in [0, 0.1) is 24.4 Å². The zero-order valence-electron chi connectivity index (χ0n) is 9.38. The Kier molecular flexibility index (Phi) is 3.14. The number of rotatable bonds is 2. The predicted molar refractivity (Wildman–Crippen MR) is 58.7 cm³/mol. The highest BCUT2D eigenvalue weighted by Gasteiger charge is 2.20. The molecular formula is C13H8F3NO. The number of hydrogen-bond donors (Lipinski definition) is 0. The standard InChI is InChI=1S/C13H8F3NO/c1-7-4-8(6-17-5-7)13(18)9-2-3-10(14)12(16)11(9)15/h2-6H,1H3. The summed E-state index contributed by atoms with van der Waals surface area (Å²) in [6.45, 7) is 1.71. The van der Waals surface area contributed by atoms with Gasteiger partial charge in [0.15, 0.2) is 23.2 Å². The number of benzene rings is 1. The average Bonchev–Trinajstić information content (AvgIpc) is 2.35. The molecule has 0 aliphatic rings. The van der Waals surface area contributed by atoms with E-state index in [1.54, 1.807) is 6.92 Å². The molecule has 2 rings (SSSR count). The van der Waals surface area contributed by atoms with Gasteiger partial charge in [0.05, 0.1) is 5.56 Å². The van der Waals surface area contributed by atoms with Gasteiger partial charge in [-0.3, -0.25) is 9.78 Å². The van der Waals surface area contributed by atoms with Crippen LogP contribution in [0.15, 0.2) is 30.6 Å². The van der Waals surface area contributed by atoms with Crippen molar-refractivity contribution in [2.45, 2.75) is 6.92 Å². The molecule has 18 heavy (non-hydrogen) atoms. The van der Waals surface area contributed by atoms with Crippen molar-refractivity contribution < 1.29 is 18.0 Å². The molecule has 2 nitrogen and oxygen atoms in total. The number of pyridine rings is 1. The molecule has 0 aliphatic carbocycles. The lowest BCUT2D eigenvalue weighted by Gasteiger charge is -2.04. The normalized spacial score (nSPS) is 10.4. The molecule has 0 radical (unpaired) electrons. The first-order valence-corrected chi connectivity index (χ1v) is 5.10. The Morgan fingerprint density at radius 2 is 1.83 bits per heavy atom. The highest BCUT2D eigenvalue weighted by molar-refractivity contribution is 6.09. The second kappa shape index (κ2) is 4.60. The quantitative estimate of drug-likeness (QED) is 0.606. The van der Waals surface area contributed by atoms with E-state index < -0.39 is 28.8 Å². The van der Waals surface area contributed by atoms with Gasteiger partial charge in [-0.25, -0.2) is 13.2 Å². The number of ketones is 1. The first-order valence-electron chi connectivity index (χ1n) is 5.10. The molecule has 2 aromatic rings. The van der Waals surface area contributed by atoms with Gasteiger partial charge >= 0.3 is 0 Å². The lowest BCUT2D eigenvalue weighted by molar-refractivity contribution is 0.103. The number of carbonyl (C=O) groups excluding carboxylic acids is 1. The van der Waals surface area contributed by atoms with Crippen molar-refractivity contribution in [2.24, 2.45) is 0 Å². The number of hydrogen-bond acceptors (Lipinski definition) is 2. The van der Waals surface area contributed by atoms with Crippen LogP contribution in [0.5, 0.6) is 0 Å². The fourth-order valence-electron chi connectivity index (χ4n) is 1.54. The van der Waals surface area contributed by atoms with E-state index in [1.807, 2.05) is 0 Å². The SMILES string of the molecule is Cc1cncc(C(=O)c2ccc(F)c(F)c2F)c1. The van der Waals surface area contributed by atoms with Gasteiger partial charge in [-0.15, -0.1) is 0 Å². The monoisotopic (exact) mass is 251 g/mol. The van der Waals surface area contributed by atoms with Crippen LogP contribution in [0.3, 0.4) is 0 Å². The average molecular weight is 251 g/mol. The summed E-state index contributed by atoms with van der Waals surface area (Å²) in [6, 6.07) is 3.13. The second-order valence-electron chi connectivity index (χ2n) is 3.80. The lowest BCUT2D eigenvalue weighted by atomic mass is 10.0. The Labute approximate surface area is 101 Å². The topological polar surface area (TPSA) is 30.0 Å². The first kappa shape index (κ1) is 12.3. The number of aromatic nitrogens is 1. The van der Waals surface area contributed by atoms with Crippen molar-refractivity contribution in [3.63, 3.8) is 0 Å². The summed E-state index contributed by atoms with van der Waals surface area (Å²) in [4.78, 5) is 15.7. The van der Waals surface area contributed by atoms with Crippen molar-refractivity contribution in [1.82, 2.24) is 4.98 Å². The van der Waals surface area contributed by atoms with Crippen LogP contribution in [-0.2, 0) is 0 Å². The first-order chi connectivity index (χ1) is 8.50. The fraction of sp³-hybridized carbons (Fsp3) is 0.0769. The molecule has 0 bridgehead atoms. The van der Waals surface area contributed by atoms with Crippen LogP contribution in [0.2, 0.25) is 0 Å². The summed E-state index contributed by atoms with van der Waals surface area (Å²) < 4.78 is 39.2. The summed E-state index contributed by atoms with van der Waals surface area (Å²) in [7, 11) is 0. The third kappa shape index (κ3) is 2.11. The third-order valence-electron chi connectivity index (χ3n) is 2.42.